The Labute approximate surface area is 161 Å². The summed E-state index contributed by atoms with van der Waals surface area (Å²) in [5.41, 5.74) is 1.23. The van der Waals surface area contributed by atoms with Crippen molar-refractivity contribution in [2.24, 2.45) is 23.7 Å². The van der Waals surface area contributed by atoms with Gasteiger partial charge < -0.3 is 15.1 Å². The van der Waals surface area contributed by atoms with Crippen LogP contribution in [0.25, 0.3) is 0 Å². The number of aliphatic hydroxyl groups excluding tert-OH is 2. The molecule has 146 valence electrons. The molecule has 1 saturated heterocycles. The van der Waals surface area contributed by atoms with Gasteiger partial charge in [-0.25, -0.2) is 0 Å². The van der Waals surface area contributed by atoms with Crippen LogP contribution in [-0.2, 0) is 10.2 Å². The van der Waals surface area contributed by atoms with E-state index in [1.165, 1.54) is 5.56 Å². The van der Waals surface area contributed by atoms with Gasteiger partial charge in [0.2, 0.25) is 5.91 Å². The molecule has 2 N–H and O–H groups in total. The number of carbonyl (C=O) groups is 1. The van der Waals surface area contributed by atoms with E-state index in [0.717, 1.165) is 45.1 Å². The molecule has 1 heterocycles. The minimum absolute atomic E-state index is 0.0894. The Morgan fingerprint density at radius 3 is 2.26 bits per heavy atom. The maximum Gasteiger partial charge on any atom is 0.223 e. The molecule has 5 aliphatic rings. The highest BCUT2D eigenvalue weighted by Crippen LogP contribution is 2.64. The first kappa shape index (κ1) is 17.7. The highest BCUT2D eigenvalue weighted by Gasteiger charge is 2.61. The van der Waals surface area contributed by atoms with Crippen LogP contribution in [0, 0.1) is 23.7 Å². The number of aliphatic hydroxyl groups is 2. The Hall–Kier alpha value is -1.39. The minimum Gasteiger partial charge on any atom is -0.393 e. The molecule has 5 fully saturated rings. The predicted molar refractivity (Wildman–Crippen MR) is 103 cm³/mol. The number of hydrogen-bond donors (Lipinski definition) is 2. The maximum atomic E-state index is 13.3. The van der Waals surface area contributed by atoms with Crippen molar-refractivity contribution in [1.29, 1.82) is 0 Å². The lowest BCUT2D eigenvalue weighted by atomic mass is 9.42. The summed E-state index contributed by atoms with van der Waals surface area (Å²) in [6, 6.07) is 10.7. The Bertz CT molecular complexity index is 673. The lowest BCUT2D eigenvalue weighted by Crippen LogP contribution is -2.61. The van der Waals surface area contributed by atoms with Crippen molar-refractivity contribution in [2.45, 2.75) is 62.6 Å². The highest BCUT2D eigenvalue weighted by molar-refractivity contribution is 5.78. The third-order valence-electron chi connectivity index (χ3n) is 8.28. The highest BCUT2D eigenvalue weighted by atomic mass is 16.3. The predicted octanol–water partition coefficient (Wildman–Crippen LogP) is 2.72. The van der Waals surface area contributed by atoms with Gasteiger partial charge in [0.15, 0.2) is 0 Å². The van der Waals surface area contributed by atoms with Crippen LogP contribution in [0.2, 0.25) is 0 Å². The molecule has 6 rings (SSSR count). The monoisotopic (exact) mass is 369 g/mol. The first-order valence-electron chi connectivity index (χ1n) is 10.8. The fourth-order valence-corrected chi connectivity index (χ4v) is 7.12. The molecule has 1 aromatic carbocycles. The number of rotatable bonds is 3. The first-order valence-corrected chi connectivity index (χ1v) is 10.8. The molecule has 1 aliphatic heterocycles. The molecule has 27 heavy (non-hydrogen) atoms. The summed E-state index contributed by atoms with van der Waals surface area (Å²) in [7, 11) is 0. The molecular formula is C23H31NO3. The van der Waals surface area contributed by atoms with Crippen LogP contribution in [0.15, 0.2) is 30.3 Å². The van der Waals surface area contributed by atoms with Crippen LogP contribution in [0.4, 0.5) is 0 Å². The molecule has 0 aromatic heterocycles. The average Bonchev–Trinajstić information content (AvgIpc) is 2.67. The van der Waals surface area contributed by atoms with Crippen LogP contribution in [0.5, 0.6) is 0 Å². The van der Waals surface area contributed by atoms with Crippen LogP contribution in [-0.4, -0.2) is 46.3 Å². The molecule has 0 spiro atoms. The van der Waals surface area contributed by atoms with E-state index in [1.807, 2.05) is 4.90 Å². The summed E-state index contributed by atoms with van der Waals surface area (Å²) in [5, 5.41) is 20.6. The van der Waals surface area contributed by atoms with Crippen LogP contribution >= 0.6 is 0 Å². The van der Waals surface area contributed by atoms with Crippen LogP contribution in [0.1, 0.15) is 50.5 Å². The fraction of sp³-hybridized carbons (Fsp3) is 0.696. The molecule has 4 aliphatic carbocycles. The zero-order chi connectivity index (χ0) is 18.6. The Morgan fingerprint density at radius 1 is 1.04 bits per heavy atom. The van der Waals surface area contributed by atoms with Gasteiger partial charge in [-0.3, -0.25) is 4.79 Å². The molecule has 1 aromatic rings. The number of nitrogens with zero attached hydrogens (tertiary/aromatic N) is 1. The molecular weight excluding hydrogens is 338 g/mol. The zero-order valence-electron chi connectivity index (χ0n) is 16.0. The number of carbonyl (C=O) groups excluding carboxylic acids is 1. The Kier molecular flexibility index (Phi) is 4.32. The third-order valence-corrected chi connectivity index (χ3v) is 8.28. The van der Waals surface area contributed by atoms with Crippen molar-refractivity contribution < 1.29 is 15.0 Å². The minimum atomic E-state index is -0.371. The summed E-state index contributed by atoms with van der Waals surface area (Å²) < 4.78 is 0. The summed E-state index contributed by atoms with van der Waals surface area (Å²) >= 11 is 0. The van der Waals surface area contributed by atoms with Gasteiger partial charge >= 0.3 is 0 Å². The number of piperidine rings is 1. The van der Waals surface area contributed by atoms with E-state index in [1.54, 1.807) is 0 Å². The molecule has 0 unspecified atom stereocenters. The summed E-state index contributed by atoms with van der Waals surface area (Å²) in [4.78, 5) is 15.2. The van der Waals surface area contributed by atoms with Gasteiger partial charge in [0.25, 0.3) is 0 Å². The van der Waals surface area contributed by atoms with Gasteiger partial charge in [-0.1, -0.05) is 30.3 Å². The van der Waals surface area contributed by atoms with Crippen molar-refractivity contribution in [3.8, 4) is 0 Å². The number of hydrogen-bond acceptors (Lipinski definition) is 3. The second-order valence-electron chi connectivity index (χ2n) is 9.57. The average molecular weight is 370 g/mol. The van der Waals surface area contributed by atoms with E-state index in [4.69, 9.17) is 0 Å². The second-order valence-corrected chi connectivity index (χ2v) is 9.57. The van der Waals surface area contributed by atoms with E-state index >= 15 is 0 Å². The summed E-state index contributed by atoms with van der Waals surface area (Å²) in [6.07, 6.45) is 5.99. The molecule has 4 nitrogen and oxygen atoms in total. The number of benzene rings is 1. The van der Waals surface area contributed by atoms with E-state index < -0.39 is 0 Å². The van der Waals surface area contributed by atoms with Crippen LogP contribution < -0.4 is 0 Å². The quantitative estimate of drug-likeness (QED) is 0.861. The van der Waals surface area contributed by atoms with E-state index in [2.05, 4.69) is 30.3 Å². The lowest BCUT2D eigenvalue weighted by Gasteiger charge is -2.63. The first-order chi connectivity index (χ1) is 13.1. The zero-order valence-corrected chi connectivity index (χ0v) is 16.0. The van der Waals surface area contributed by atoms with Crippen molar-refractivity contribution in [3.63, 3.8) is 0 Å². The molecule has 1 amide bonds. The molecule has 4 saturated carbocycles. The van der Waals surface area contributed by atoms with Gasteiger partial charge in [-0.2, -0.15) is 0 Å². The molecule has 0 radical (unpaired) electrons. The topological polar surface area (TPSA) is 60.8 Å². The fourth-order valence-electron chi connectivity index (χ4n) is 7.12. The molecule has 4 heteroatoms. The second kappa shape index (κ2) is 6.59. The van der Waals surface area contributed by atoms with Gasteiger partial charge in [-0.05, 0) is 67.8 Å². The standard InChI is InChI=1S/C23H31NO3/c25-20-7-4-8-24(14-20)21(26)13-23(17-5-2-1-3-6-17)18-9-15-10-19(23)12-16(11-18)22(15)27/h1-3,5-6,15-16,18-20,22,25,27H,4,7-14H2/t15?,16?,18?,19?,20-,22?,23?/m1/s1. The van der Waals surface area contributed by atoms with Gasteiger partial charge in [0.05, 0.1) is 12.2 Å². The smallest absolute Gasteiger partial charge is 0.223 e. The number of likely N-dealkylation sites (tertiary alicyclic amines) is 1. The van der Waals surface area contributed by atoms with E-state index in [9.17, 15) is 15.0 Å². The number of amides is 1. The molecule has 1 atom stereocenters. The maximum absolute atomic E-state index is 13.3. The Balaban J connectivity index is 1.49. The number of β-amino-alcohol motifs (C(OH)–C–C–N with tert-alkyl or cyclic N) is 1. The lowest BCUT2D eigenvalue weighted by molar-refractivity contribution is -0.154. The van der Waals surface area contributed by atoms with E-state index in [0.29, 0.717) is 36.6 Å². The SMILES string of the molecule is O=C(CC1(c2ccccc2)C2CC3CC1CC(C2)C3O)N1CCC[C@@H](O)C1. The van der Waals surface area contributed by atoms with Gasteiger partial charge in [0.1, 0.15) is 0 Å². The van der Waals surface area contributed by atoms with Gasteiger partial charge in [-0.15, -0.1) is 0 Å². The third kappa shape index (κ3) is 2.75. The largest absolute Gasteiger partial charge is 0.393 e. The summed E-state index contributed by atoms with van der Waals surface area (Å²) in [5.74, 6) is 2.05. The van der Waals surface area contributed by atoms with Crippen molar-refractivity contribution in [2.75, 3.05) is 13.1 Å². The van der Waals surface area contributed by atoms with E-state index in [-0.39, 0.29) is 23.5 Å². The summed E-state index contributed by atoms with van der Waals surface area (Å²) in [6.45, 7) is 1.27. The molecule has 4 bridgehead atoms. The van der Waals surface area contributed by atoms with Crippen LogP contribution in [0.3, 0.4) is 0 Å². The van der Waals surface area contributed by atoms with Crippen molar-refractivity contribution in [1.82, 2.24) is 4.90 Å². The normalized spacial score (nSPS) is 43.1. The van der Waals surface area contributed by atoms with Crippen molar-refractivity contribution in [3.05, 3.63) is 35.9 Å². The van der Waals surface area contributed by atoms with Crippen molar-refractivity contribution >= 4 is 5.91 Å². The van der Waals surface area contributed by atoms with Gasteiger partial charge in [0, 0.05) is 24.9 Å². The Morgan fingerprint density at radius 2 is 1.67 bits per heavy atom.